The van der Waals surface area contributed by atoms with Crippen LogP contribution in [0.4, 0.5) is 0 Å². The maximum absolute atomic E-state index is 12.5. The van der Waals surface area contributed by atoms with E-state index in [2.05, 4.69) is 32.0 Å². The summed E-state index contributed by atoms with van der Waals surface area (Å²) < 4.78 is 0. The Hall–Kier alpha value is -1.35. The first-order valence-electron chi connectivity index (χ1n) is 7.64. The molecule has 108 valence electrons. The van der Waals surface area contributed by atoms with Crippen molar-refractivity contribution in [2.45, 2.75) is 39.2 Å². The van der Waals surface area contributed by atoms with E-state index in [1.165, 1.54) is 23.1 Å². The van der Waals surface area contributed by atoms with Gasteiger partial charge in [0.05, 0.1) is 6.42 Å². The highest BCUT2D eigenvalue weighted by Crippen LogP contribution is 2.37. The zero-order valence-corrected chi connectivity index (χ0v) is 12.4. The fourth-order valence-electron chi connectivity index (χ4n) is 3.90. The highest BCUT2D eigenvalue weighted by Gasteiger charge is 2.42. The fraction of sp³-hybridized carbons (Fsp3) is 0.588. The van der Waals surface area contributed by atoms with Crippen LogP contribution in [0.5, 0.6) is 0 Å². The van der Waals surface area contributed by atoms with Gasteiger partial charge in [-0.15, -0.1) is 0 Å². The Morgan fingerprint density at radius 3 is 2.60 bits per heavy atom. The molecule has 1 saturated heterocycles. The van der Waals surface area contributed by atoms with Crippen LogP contribution in [0.15, 0.2) is 18.2 Å². The van der Waals surface area contributed by atoms with Crippen molar-refractivity contribution in [1.29, 1.82) is 0 Å². The van der Waals surface area contributed by atoms with Crippen LogP contribution in [-0.4, -0.2) is 29.9 Å². The molecule has 0 bridgehead atoms. The summed E-state index contributed by atoms with van der Waals surface area (Å²) in [6.45, 7) is 5.96. The van der Waals surface area contributed by atoms with E-state index < -0.39 is 0 Å². The van der Waals surface area contributed by atoms with Crippen molar-refractivity contribution in [2.24, 2.45) is 17.6 Å². The van der Waals surface area contributed by atoms with Gasteiger partial charge in [0.2, 0.25) is 5.91 Å². The van der Waals surface area contributed by atoms with Crippen LogP contribution >= 0.6 is 0 Å². The molecule has 1 saturated carbocycles. The molecule has 0 aromatic heterocycles. The number of hydrogen-bond donors (Lipinski definition) is 1. The van der Waals surface area contributed by atoms with Crippen LogP contribution in [0, 0.1) is 25.7 Å². The number of rotatable bonds is 2. The van der Waals surface area contributed by atoms with Gasteiger partial charge in [0.1, 0.15) is 0 Å². The minimum atomic E-state index is 0.268. The molecule has 3 atom stereocenters. The molecule has 20 heavy (non-hydrogen) atoms. The molecule has 2 aliphatic rings. The van der Waals surface area contributed by atoms with E-state index in [1.807, 2.05) is 4.90 Å². The number of hydrogen-bond acceptors (Lipinski definition) is 2. The molecule has 1 aliphatic carbocycles. The van der Waals surface area contributed by atoms with E-state index in [0.717, 1.165) is 19.5 Å². The number of aryl methyl sites for hydroxylation is 2. The quantitative estimate of drug-likeness (QED) is 0.895. The first kappa shape index (κ1) is 13.6. The summed E-state index contributed by atoms with van der Waals surface area (Å²) in [6, 6.07) is 6.53. The van der Waals surface area contributed by atoms with Crippen molar-refractivity contribution in [3.05, 3.63) is 34.9 Å². The van der Waals surface area contributed by atoms with Crippen molar-refractivity contribution in [2.75, 3.05) is 13.1 Å². The second kappa shape index (κ2) is 5.21. The van der Waals surface area contributed by atoms with Crippen LogP contribution in [0.3, 0.4) is 0 Å². The van der Waals surface area contributed by atoms with Gasteiger partial charge in [-0.1, -0.05) is 18.2 Å². The molecule has 1 amide bonds. The summed E-state index contributed by atoms with van der Waals surface area (Å²) in [4.78, 5) is 14.6. The topological polar surface area (TPSA) is 46.3 Å². The van der Waals surface area contributed by atoms with E-state index in [4.69, 9.17) is 5.73 Å². The van der Waals surface area contributed by atoms with Crippen LogP contribution in [0.25, 0.3) is 0 Å². The standard InChI is InChI=1S/C17H24N2O/c1-11-4-3-5-12(2)14(11)8-17(20)19-9-13-6-7-16(18)15(13)10-19/h3-5,13,15-16H,6-10,18H2,1-2H3. The molecule has 0 spiro atoms. The summed E-state index contributed by atoms with van der Waals surface area (Å²) in [7, 11) is 0. The predicted octanol–water partition coefficient (Wildman–Crippen LogP) is 2.04. The van der Waals surface area contributed by atoms with Crippen molar-refractivity contribution >= 4 is 5.91 Å². The van der Waals surface area contributed by atoms with Crippen molar-refractivity contribution < 1.29 is 4.79 Å². The molecule has 1 aromatic carbocycles. The summed E-state index contributed by atoms with van der Waals surface area (Å²) >= 11 is 0. The molecule has 3 heteroatoms. The zero-order valence-electron chi connectivity index (χ0n) is 12.4. The Morgan fingerprint density at radius 1 is 1.25 bits per heavy atom. The summed E-state index contributed by atoms with van der Waals surface area (Å²) in [5.74, 6) is 1.45. The van der Waals surface area contributed by atoms with E-state index >= 15 is 0 Å². The van der Waals surface area contributed by atoms with E-state index in [1.54, 1.807) is 0 Å². The van der Waals surface area contributed by atoms with Gasteiger partial charge < -0.3 is 10.6 Å². The predicted molar refractivity (Wildman–Crippen MR) is 80.4 cm³/mol. The van der Waals surface area contributed by atoms with Gasteiger partial charge in [-0.2, -0.15) is 0 Å². The van der Waals surface area contributed by atoms with Gasteiger partial charge in [-0.3, -0.25) is 4.79 Å². The first-order valence-corrected chi connectivity index (χ1v) is 7.64. The Bertz CT molecular complexity index is 505. The minimum absolute atomic E-state index is 0.268. The Balaban J connectivity index is 1.69. The maximum Gasteiger partial charge on any atom is 0.227 e. The number of nitrogens with two attached hydrogens (primary N) is 1. The van der Waals surface area contributed by atoms with E-state index in [-0.39, 0.29) is 5.91 Å². The SMILES string of the molecule is Cc1cccc(C)c1CC(=O)N1CC2CCC(N)C2C1. The Kier molecular flexibility index (Phi) is 3.55. The van der Waals surface area contributed by atoms with Crippen LogP contribution in [0.1, 0.15) is 29.5 Å². The molecule has 0 radical (unpaired) electrons. The van der Waals surface area contributed by atoms with Gasteiger partial charge >= 0.3 is 0 Å². The molecule has 1 aromatic rings. The summed E-state index contributed by atoms with van der Waals surface area (Å²) in [5.41, 5.74) is 9.77. The molecule has 2 fully saturated rings. The second-order valence-electron chi connectivity index (χ2n) is 6.51. The number of carbonyl (C=O) groups is 1. The second-order valence-corrected chi connectivity index (χ2v) is 6.51. The Morgan fingerprint density at radius 2 is 1.95 bits per heavy atom. The number of nitrogens with zero attached hydrogens (tertiary/aromatic N) is 1. The summed E-state index contributed by atoms with van der Waals surface area (Å²) in [6.07, 6.45) is 2.86. The van der Waals surface area contributed by atoms with Gasteiger partial charge in [0, 0.05) is 19.1 Å². The average Bonchev–Trinajstić information content (AvgIpc) is 2.97. The molecular weight excluding hydrogens is 248 g/mol. The first-order chi connectivity index (χ1) is 9.56. The highest BCUT2D eigenvalue weighted by atomic mass is 16.2. The molecule has 1 aliphatic heterocycles. The van der Waals surface area contributed by atoms with E-state index in [0.29, 0.717) is 24.3 Å². The average molecular weight is 272 g/mol. The van der Waals surface area contributed by atoms with Crippen LogP contribution < -0.4 is 5.73 Å². The van der Waals surface area contributed by atoms with E-state index in [9.17, 15) is 4.79 Å². The fourth-order valence-corrected chi connectivity index (χ4v) is 3.90. The molecule has 3 rings (SSSR count). The third-order valence-electron chi connectivity index (χ3n) is 5.24. The van der Waals surface area contributed by atoms with Gasteiger partial charge in [0.15, 0.2) is 0 Å². The molecule has 3 unspecified atom stereocenters. The van der Waals surface area contributed by atoms with Gasteiger partial charge in [0.25, 0.3) is 0 Å². The van der Waals surface area contributed by atoms with Crippen molar-refractivity contribution in [3.8, 4) is 0 Å². The number of amides is 1. The lowest BCUT2D eigenvalue weighted by molar-refractivity contribution is -0.129. The van der Waals surface area contributed by atoms with Crippen LogP contribution in [-0.2, 0) is 11.2 Å². The molecular formula is C17H24N2O. The zero-order chi connectivity index (χ0) is 14.3. The lowest BCUT2D eigenvalue weighted by Gasteiger charge is -2.20. The highest BCUT2D eigenvalue weighted by molar-refractivity contribution is 5.80. The van der Waals surface area contributed by atoms with Gasteiger partial charge in [-0.25, -0.2) is 0 Å². The largest absolute Gasteiger partial charge is 0.342 e. The van der Waals surface area contributed by atoms with Crippen molar-refractivity contribution in [3.63, 3.8) is 0 Å². The third-order valence-corrected chi connectivity index (χ3v) is 5.24. The Labute approximate surface area is 121 Å². The monoisotopic (exact) mass is 272 g/mol. The van der Waals surface area contributed by atoms with Crippen molar-refractivity contribution in [1.82, 2.24) is 4.90 Å². The molecule has 2 N–H and O–H groups in total. The summed E-state index contributed by atoms with van der Waals surface area (Å²) in [5, 5.41) is 0. The normalized spacial score (nSPS) is 28.8. The maximum atomic E-state index is 12.5. The van der Waals surface area contributed by atoms with Crippen LogP contribution in [0.2, 0.25) is 0 Å². The molecule has 1 heterocycles. The molecule has 3 nitrogen and oxygen atoms in total. The smallest absolute Gasteiger partial charge is 0.227 e. The third kappa shape index (κ3) is 2.35. The lowest BCUT2D eigenvalue weighted by atomic mass is 9.98. The number of fused-ring (bicyclic) bond motifs is 1. The lowest BCUT2D eigenvalue weighted by Crippen LogP contribution is -2.34. The minimum Gasteiger partial charge on any atom is -0.342 e. The number of carbonyl (C=O) groups excluding carboxylic acids is 1. The van der Waals surface area contributed by atoms with Gasteiger partial charge in [-0.05, 0) is 55.2 Å². The number of benzene rings is 1. The number of likely N-dealkylation sites (tertiary alicyclic amines) is 1.